The van der Waals surface area contributed by atoms with Crippen LogP contribution in [-0.4, -0.2) is 12.5 Å². The maximum Gasteiger partial charge on any atom is 0.248 e. The molecule has 106 valence electrons. The van der Waals surface area contributed by atoms with Crippen LogP contribution in [0.5, 0.6) is 5.75 Å². The minimum Gasteiger partial charge on any atom is -0.493 e. The lowest BCUT2D eigenvalue weighted by Crippen LogP contribution is -2.14. The van der Waals surface area contributed by atoms with E-state index in [1.54, 1.807) is 0 Å². The number of hydrogen-bond acceptors (Lipinski definition) is 1. The Balaban J connectivity index is 2.04. The van der Waals surface area contributed by atoms with Crippen molar-refractivity contribution in [2.24, 2.45) is 5.92 Å². The zero-order chi connectivity index (χ0) is 14.0. The van der Waals surface area contributed by atoms with E-state index in [1.807, 2.05) is 19.1 Å². The van der Waals surface area contributed by atoms with Crippen LogP contribution in [0.25, 0.3) is 0 Å². The normalized spacial score (nSPS) is 21.6. The maximum atomic E-state index is 13.1. The van der Waals surface area contributed by atoms with Crippen LogP contribution in [0, 0.1) is 12.8 Å². The van der Waals surface area contributed by atoms with Crippen molar-refractivity contribution < 1.29 is 13.5 Å². The van der Waals surface area contributed by atoms with E-state index in [9.17, 15) is 8.78 Å². The van der Waals surface area contributed by atoms with Gasteiger partial charge in [0.05, 0.1) is 6.61 Å². The molecule has 5 heteroatoms. The van der Waals surface area contributed by atoms with Gasteiger partial charge in [-0.05, 0) is 37.0 Å². The molecule has 1 aliphatic carbocycles. The van der Waals surface area contributed by atoms with Gasteiger partial charge in [-0.25, -0.2) is 8.78 Å². The van der Waals surface area contributed by atoms with Crippen molar-refractivity contribution >= 4 is 31.9 Å². The van der Waals surface area contributed by atoms with Gasteiger partial charge in [-0.3, -0.25) is 0 Å². The number of alkyl halides is 3. The third kappa shape index (κ3) is 3.91. The molecule has 1 saturated carbocycles. The van der Waals surface area contributed by atoms with Crippen molar-refractivity contribution in [2.75, 3.05) is 6.61 Å². The Bertz CT molecular complexity index is 463. The van der Waals surface area contributed by atoms with Crippen LogP contribution in [0.2, 0.25) is 0 Å². The van der Waals surface area contributed by atoms with Gasteiger partial charge in [0.15, 0.2) is 0 Å². The standard InChI is InChI=1S/C14H16Br2F2O/c1-9-4-12(16)5-11(7-15)13(9)19-8-10-2-3-14(17,18)6-10/h4-5,10H,2-3,6-8H2,1H3. The van der Waals surface area contributed by atoms with Gasteiger partial charge in [0.2, 0.25) is 5.92 Å². The molecule has 1 unspecified atom stereocenters. The summed E-state index contributed by atoms with van der Waals surface area (Å²) in [4.78, 5) is 0. The van der Waals surface area contributed by atoms with E-state index in [0.29, 0.717) is 18.4 Å². The summed E-state index contributed by atoms with van der Waals surface area (Å²) in [5.41, 5.74) is 2.06. The van der Waals surface area contributed by atoms with Gasteiger partial charge < -0.3 is 4.74 Å². The molecule has 0 saturated heterocycles. The molecule has 19 heavy (non-hydrogen) atoms. The lowest BCUT2D eigenvalue weighted by atomic mass is 10.1. The van der Waals surface area contributed by atoms with Crippen LogP contribution < -0.4 is 4.74 Å². The van der Waals surface area contributed by atoms with Gasteiger partial charge in [-0.1, -0.05) is 31.9 Å². The van der Waals surface area contributed by atoms with Crippen molar-refractivity contribution in [3.05, 3.63) is 27.7 Å². The second-order valence-electron chi connectivity index (χ2n) is 5.12. The fourth-order valence-electron chi connectivity index (χ4n) is 2.49. The number of benzene rings is 1. The molecule has 0 bridgehead atoms. The summed E-state index contributed by atoms with van der Waals surface area (Å²) in [6.45, 7) is 2.34. The van der Waals surface area contributed by atoms with E-state index in [1.165, 1.54) is 0 Å². The molecule has 0 aliphatic heterocycles. The van der Waals surface area contributed by atoms with E-state index in [-0.39, 0.29) is 18.8 Å². The molecule has 0 heterocycles. The summed E-state index contributed by atoms with van der Waals surface area (Å²) in [5.74, 6) is -1.72. The first kappa shape index (κ1) is 15.2. The third-order valence-electron chi connectivity index (χ3n) is 3.43. The highest BCUT2D eigenvalue weighted by atomic mass is 79.9. The summed E-state index contributed by atoms with van der Waals surface area (Å²) >= 11 is 6.87. The van der Waals surface area contributed by atoms with Gasteiger partial charge in [-0.2, -0.15) is 0 Å². The highest BCUT2D eigenvalue weighted by Gasteiger charge is 2.39. The minimum atomic E-state index is -2.50. The van der Waals surface area contributed by atoms with E-state index in [2.05, 4.69) is 31.9 Å². The van der Waals surface area contributed by atoms with Gasteiger partial charge in [-0.15, -0.1) is 0 Å². The predicted molar refractivity (Wildman–Crippen MR) is 79.3 cm³/mol. The zero-order valence-electron chi connectivity index (χ0n) is 10.7. The molecule has 0 N–H and O–H groups in total. The number of aryl methyl sites for hydroxylation is 1. The van der Waals surface area contributed by atoms with Crippen LogP contribution in [-0.2, 0) is 5.33 Å². The van der Waals surface area contributed by atoms with Crippen molar-refractivity contribution in [3.63, 3.8) is 0 Å². The van der Waals surface area contributed by atoms with Gasteiger partial charge >= 0.3 is 0 Å². The first-order valence-corrected chi connectivity index (χ1v) is 8.18. The topological polar surface area (TPSA) is 9.23 Å². The molecule has 1 fully saturated rings. The number of rotatable bonds is 4. The largest absolute Gasteiger partial charge is 0.493 e. The number of halogens is 4. The summed E-state index contributed by atoms with van der Waals surface area (Å²) in [6, 6.07) is 3.96. The molecule has 0 spiro atoms. The molecular formula is C14H16Br2F2O. The fraction of sp³-hybridized carbons (Fsp3) is 0.571. The highest BCUT2D eigenvalue weighted by Crippen LogP contribution is 2.39. The Labute approximate surface area is 129 Å². The molecule has 2 rings (SSSR count). The van der Waals surface area contributed by atoms with Crippen molar-refractivity contribution in [1.29, 1.82) is 0 Å². The Morgan fingerprint density at radius 2 is 2.16 bits per heavy atom. The molecule has 1 aromatic rings. The lowest BCUT2D eigenvalue weighted by Gasteiger charge is -2.17. The van der Waals surface area contributed by atoms with Crippen molar-refractivity contribution in [3.8, 4) is 5.75 Å². The average molecular weight is 398 g/mol. The minimum absolute atomic E-state index is 0.00829. The first-order valence-electron chi connectivity index (χ1n) is 6.27. The summed E-state index contributed by atoms with van der Waals surface area (Å²) in [6.07, 6.45) is 0.490. The van der Waals surface area contributed by atoms with E-state index < -0.39 is 5.92 Å². The number of hydrogen-bond donors (Lipinski definition) is 0. The van der Waals surface area contributed by atoms with E-state index in [4.69, 9.17) is 4.74 Å². The van der Waals surface area contributed by atoms with Gasteiger partial charge in [0, 0.05) is 28.2 Å². The molecular weight excluding hydrogens is 382 g/mol. The molecule has 1 atom stereocenters. The predicted octanol–water partition coefficient (Wildman–Crippen LogP) is 5.47. The quantitative estimate of drug-likeness (QED) is 0.612. The molecule has 1 nitrogen and oxygen atoms in total. The Hall–Kier alpha value is -0.160. The second-order valence-corrected chi connectivity index (χ2v) is 6.60. The van der Waals surface area contributed by atoms with Crippen molar-refractivity contribution in [2.45, 2.75) is 37.4 Å². The Morgan fingerprint density at radius 3 is 2.74 bits per heavy atom. The molecule has 1 aliphatic rings. The van der Waals surface area contributed by atoms with Crippen LogP contribution in [0.1, 0.15) is 30.4 Å². The smallest absolute Gasteiger partial charge is 0.248 e. The second kappa shape index (κ2) is 6.08. The Kier molecular flexibility index (Phi) is 4.88. The molecule has 0 amide bonds. The number of ether oxygens (including phenoxy) is 1. The van der Waals surface area contributed by atoms with Crippen LogP contribution in [0.3, 0.4) is 0 Å². The SMILES string of the molecule is Cc1cc(Br)cc(CBr)c1OCC1CCC(F)(F)C1. The molecule has 1 aromatic carbocycles. The zero-order valence-corrected chi connectivity index (χ0v) is 13.9. The summed E-state index contributed by atoms with van der Waals surface area (Å²) < 4.78 is 33.1. The maximum absolute atomic E-state index is 13.1. The summed E-state index contributed by atoms with van der Waals surface area (Å²) in [5, 5.41) is 0.684. The van der Waals surface area contributed by atoms with Crippen molar-refractivity contribution in [1.82, 2.24) is 0 Å². The highest BCUT2D eigenvalue weighted by molar-refractivity contribution is 9.10. The Morgan fingerprint density at radius 1 is 1.42 bits per heavy atom. The average Bonchev–Trinajstić information content (AvgIpc) is 2.67. The third-order valence-corrected chi connectivity index (χ3v) is 4.49. The fourth-order valence-corrected chi connectivity index (χ4v) is 3.53. The van der Waals surface area contributed by atoms with Gasteiger partial charge in [0.25, 0.3) is 0 Å². The van der Waals surface area contributed by atoms with Gasteiger partial charge in [0.1, 0.15) is 5.75 Å². The first-order chi connectivity index (χ1) is 8.91. The monoisotopic (exact) mass is 396 g/mol. The molecule has 0 aromatic heterocycles. The van der Waals surface area contributed by atoms with E-state index >= 15 is 0 Å². The molecule has 0 radical (unpaired) electrons. The summed E-state index contributed by atoms with van der Waals surface area (Å²) in [7, 11) is 0. The lowest BCUT2D eigenvalue weighted by molar-refractivity contribution is 0.00290. The van der Waals surface area contributed by atoms with Crippen LogP contribution in [0.15, 0.2) is 16.6 Å². The van der Waals surface area contributed by atoms with Crippen LogP contribution in [0.4, 0.5) is 8.78 Å². The van der Waals surface area contributed by atoms with E-state index in [0.717, 1.165) is 21.3 Å². The van der Waals surface area contributed by atoms with Crippen LogP contribution >= 0.6 is 31.9 Å².